The van der Waals surface area contributed by atoms with Crippen molar-refractivity contribution in [2.24, 2.45) is 11.7 Å². The summed E-state index contributed by atoms with van der Waals surface area (Å²) in [7, 11) is 0. The van der Waals surface area contributed by atoms with Gasteiger partial charge in [-0.15, -0.1) is 0 Å². The van der Waals surface area contributed by atoms with Gasteiger partial charge in [0.15, 0.2) is 0 Å². The lowest BCUT2D eigenvalue weighted by atomic mass is 10.0. The van der Waals surface area contributed by atoms with Crippen molar-refractivity contribution in [3.05, 3.63) is 35.4 Å². The maximum Gasteiger partial charge on any atom is 0.0320 e. The number of hydrogen-bond acceptors (Lipinski definition) is 2. The standard InChI is InChI=1S/C15H24N2/c1-11-4-6-14(7-5-11)13(3)17-9-8-15(10-17)12(2)16/h4-7,12-13,15H,8-10,16H2,1-3H3. The van der Waals surface area contributed by atoms with Gasteiger partial charge in [0.05, 0.1) is 0 Å². The normalized spacial score (nSPS) is 24.8. The zero-order chi connectivity index (χ0) is 12.4. The second kappa shape index (κ2) is 5.19. The highest BCUT2D eigenvalue weighted by atomic mass is 15.2. The fraction of sp³-hybridized carbons (Fsp3) is 0.600. The molecule has 1 heterocycles. The van der Waals surface area contributed by atoms with Gasteiger partial charge in [-0.1, -0.05) is 29.8 Å². The van der Waals surface area contributed by atoms with Gasteiger partial charge in [-0.05, 0) is 45.2 Å². The molecule has 2 rings (SSSR count). The number of nitrogens with two attached hydrogens (primary N) is 1. The van der Waals surface area contributed by atoms with Crippen molar-refractivity contribution in [1.29, 1.82) is 0 Å². The van der Waals surface area contributed by atoms with E-state index in [-0.39, 0.29) is 0 Å². The maximum atomic E-state index is 5.99. The van der Waals surface area contributed by atoms with Crippen molar-refractivity contribution in [3.63, 3.8) is 0 Å². The van der Waals surface area contributed by atoms with Crippen molar-refractivity contribution in [3.8, 4) is 0 Å². The van der Waals surface area contributed by atoms with Crippen LogP contribution in [0, 0.1) is 12.8 Å². The monoisotopic (exact) mass is 232 g/mol. The highest BCUT2D eigenvalue weighted by Gasteiger charge is 2.28. The third kappa shape index (κ3) is 2.88. The van der Waals surface area contributed by atoms with Crippen molar-refractivity contribution < 1.29 is 0 Å². The number of rotatable bonds is 3. The smallest absolute Gasteiger partial charge is 0.0320 e. The number of benzene rings is 1. The third-order valence-corrected chi connectivity index (χ3v) is 4.11. The number of hydrogen-bond donors (Lipinski definition) is 1. The van der Waals surface area contributed by atoms with Gasteiger partial charge in [0.25, 0.3) is 0 Å². The summed E-state index contributed by atoms with van der Waals surface area (Å²) in [5.74, 6) is 0.669. The van der Waals surface area contributed by atoms with E-state index in [1.165, 1.54) is 24.1 Å². The van der Waals surface area contributed by atoms with Crippen LogP contribution in [0.5, 0.6) is 0 Å². The van der Waals surface area contributed by atoms with Gasteiger partial charge in [-0.3, -0.25) is 4.90 Å². The van der Waals surface area contributed by atoms with E-state index in [4.69, 9.17) is 5.73 Å². The van der Waals surface area contributed by atoms with E-state index in [9.17, 15) is 0 Å². The topological polar surface area (TPSA) is 29.3 Å². The molecule has 2 heteroatoms. The molecule has 1 aliphatic rings. The average molecular weight is 232 g/mol. The fourth-order valence-corrected chi connectivity index (χ4v) is 2.65. The van der Waals surface area contributed by atoms with E-state index in [0.717, 1.165) is 6.54 Å². The molecule has 1 aromatic rings. The van der Waals surface area contributed by atoms with Crippen LogP contribution in [0.1, 0.15) is 37.4 Å². The summed E-state index contributed by atoms with van der Waals surface area (Å²) in [5, 5.41) is 0. The van der Waals surface area contributed by atoms with E-state index in [1.54, 1.807) is 0 Å². The number of nitrogens with zero attached hydrogens (tertiary/aromatic N) is 1. The van der Waals surface area contributed by atoms with Crippen LogP contribution in [0.2, 0.25) is 0 Å². The lowest BCUT2D eigenvalue weighted by Crippen LogP contribution is -2.30. The Morgan fingerprint density at radius 1 is 1.24 bits per heavy atom. The fourth-order valence-electron chi connectivity index (χ4n) is 2.65. The summed E-state index contributed by atoms with van der Waals surface area (Å²) in [6.45, 7) is 8.89. The molecule has 1 aromatic carbocycles. The molecule has 17 heavy (non-hydrogen) atoms. The minimum absolute atomic E-state index is 0.324. The Morgan fingerprint density at radius 2 is 1.88 bits per heavy atom. The van der Waals surface area contributed by atoms with Crippen LogP contribution in [-0.4, -0.2) is 24.0 Å². The first-order chi connectivity index (χ1) is 8.08. The molecule has 1 saturated heterocycles. The highest BCUT2D eigenvalue weighted by Crippen LogP contribution is 2.28. The van der Waals surface area contributed by atoms with E-state index < -0.39 is 0 Å². The Hall–Kier alpha value is -0.860. The third-order valence-electron chi connectivity index (χ3n) is 4.11. The first-order valence-corrected chi connectivity index (χ1v) is 6.64. The summed E-state index contributed by atoms with van der Waals surface area (Å²) < 4.78 is 0. The lowest BCUT2D eigenvalue weighted by molar-refractivity contribution is 0.248. The molecule has 94 valence electrons. The molecule has 2 nitrogen and oxygen atoms in total. The van der Waals surface area contributed by atoms with Crippen molar-refractivity contribution in [2.75, 3.05) is 13.1 Å². The molecule has 0 spiro atoms. The molecule has 1 aliphatic heterocycles. The quantitative estimate of drug-likeness (QED) is 0.868. The first-order valence-electron chi connectivity index (χ1n) is 6.64. The SMILES string of the molecule is Cc1ccc(C(C)N2CCC(C(C)N)C2)cc1. The van der Waals surface area contributed by atoms with Crippen LogP contribution in [0.4, 0.5) is 0 Å². The lowest BCUT2D eigenvalue weighted by Gasteiger charge is -2.25. The molecule has 3 unspecified atom stereocenters. The van der Waals surface area contributed by atoms with Gasteiger partial charge < -0.3 is 5.73 Å². The maximum absolute atomic E-state index is 5.99. The molecule has 0 saturated carbocycles. The second-order valence-electron chi connectivity index (χ2n) is 5.49. The highest BCUT2D eigenvalue weighted by molar-refractivity contribution is 5.24. The van der Waals surface area contributed by atoms with Crippen LogP contribution in [0.25, 0.3) is 0 Å². The number of aryl methyl sites for hydroxylation is 1. The molecule has 3 atom stereocenters. The molecule has 0 bridgehead atoms. The van der Waals surface area contributed by atoms with E-state index in [1.807, 2.05) is 0 Å². The van der Waals surface area contributed by atoms with Gasteiger partial charge in [0.2, 0.25) is 0 Å². The van der Waals surface area contributed by atoms with Crippen LogP contribution < -0.4 is 5.73 Å². The van der Waals surface area contributed by atoms with E-state index in [0.29, 0.717) is 18.0 Å². The molecule has 0 radical (unpaired) electrons. The number of likely N-dealkylation sites (tertiary alicyclic amines) is 1. The Kier molecular flexibility index (Phi) is 3.85. The van der Waals surface area contributed by atoms with E-state index in [2.05, 4.69) is 49.9 Å². The van der Waals surface area contributed by atoms with Crippen LogP contribution in [-0.2, 0) is 0 Å². The minimum Gasteiger partial charge on any atom is -0.328 e. The Balaban J connectivity index is 2.01. The summed E-state index contributed by atoms with van der Waals surface area (Å²) in [6.07, 6.45) is 1.24. The molecule has 0 aliphatic carbocycles. The molecule has 1 fully saturated rings. The zero-order valence-electron chi connectivity index (χ0n) is 11.2. The zero-order valence-corrected chi connectivity index (χ0v) is 11.2. The summed E-state index contributed by atoms with van der Waals surface area (Å²) in [4.78, 5) is 2.55. The predicted molar refractivity (Wildman–Crippen MR) is 72.9 cm³/mol. The van der Waals surface area contributed by atoms with Gasteiger partial charge >= 0.3 is 0 Å². The summed E-state index contributed by atoms with van der Waals surface area (Å²) in [6, 6.07) is 9.73. The van der Waals surface area contributed by atoms with Crippen molar-refractivity contribution >= 4 is 0 Å². The Labute approximate surface area is 105 Å². The second-order valence-corrected chi connectivity index (χ2v) is 5.49. The molecule has 0 aromatic heterocycles. The van der Waals surface area contributed by atoms with Crippen LogP contribution >= 0.6 is 0 Å². The Morgan fingerprint density at radius 3 is 2.41 bits per heavy atom. The predicted octanol–water partition coefficient (Wildman–Crippen LogP) is 2.73. The van der Waals surface area contributed by atoms with Gasteiger partial charge in [0, 0.05) is 18.6 Å². The first kappa shape index (κ1) is 12.6. The Bertz CT molecular complexity index is 356. The average Bonchev–Trinajstić information content (AvgIpc) is 2.78. The van der Waals surface area contributed by atoms with Crippen LogP contribution in [0.15, 0.2) is 24.3 Å². The largest absolute Gasteiger partial charge is 0.328 e. The molecular weight excluding hydrogens is 208 g/mol. The van der Waals surface area contributed by atoms with Gasteiger partial charge in [0.1, 0.15) is 0 Å². The van der Waals surface area contributed by atoms with Crippen LogP contribution in [0.3, 0.4) is 0 Å². The molecule has 2 N–H and O–H groups in total. The summed E-state index contributed by atoms with van der Waals surface area (Å²) in [5.41, 5.74) is 8.74. The molecule has 0 amide bonds. The van der Waals surface area contributed by atoms with Crippen molar-refractivity contribution in [2.45, 2.75) is 39.3 Å². The van der Waals surface area contributed by atoms with Gasteiger partial charge in [-0.25, -0.2) is 0 Å². The van der Waals surface area contributed by atoms with E-state index >= 15 is 0 Å². The molecular formula is C15H24N2. The summed E-state index contributed by atoms with van der Waals surface area (Å²) >= 11 is 0. The van der Waals surface area contributed by atoms with Gasteiger partial charge in [-0.2, -0.15) is 0 Å². The van der Waals surface area contributed by atoms with Crippen molar-refractivity contribution in [1.82, 2.24) is 4.90 Å². The minimum atomic E-state index is 0.324.